The van der Waals surface area contributed by atoms with Crippen LogP contribution in [0, 0.1) is 0 Å². The van der Waals surface area contributed by atoms with Crippen molar-refractivity contribution >= 4 is 10.9 Å². The van der Waals surface area contributed by atoms with Gasteiger partial charge >= 0.3 is 0 Å². The number of nitrogens with one attached hydrogen (secondary N) is 3. The molecule has 5 aromatic rings. The fraction of sp³-hybridized carbons (Fsp3) is 0.343. The molecule has 3 heterocycles. The monoisotopic (exact) mass is 532 g/mol. The van der Waals surface area contributed by atoms with E-state index in [1.807, 2.05) is 12.3 Å². The fourth-order valence-corrected chi connectivity index (χ4v) is 6.26. The first kappa shape index (κ1) is 26.4. The number of benzene rings is 3. The Morgan fingerprint density at radius 3 is 2.33 bits per heavy atom. The van der Waals surface area contributed by atoms with Gasteiger partial charge in [0.15, 0.2) is 0 Å². The number of hydrogen-bond donors (Lipinski definition) is 3. The summed E-state index contributed by atoms with van der Waals surface area (Å²) in [6.45, 7) is 5.14. The van der Waals surface area contributed by atoms with E-state index >= 15 is 0 Å². The molecule has 0 fully saturated rings. The van der Waals surface area contributed by atoms with Gasteiger partial charge in [-0.15, -0.1) is 0 Å². The van der Waals surface area contributed by atoms with Crippen molar-refractivity contribution in [2.24, 2.45) is 0 Å². The molecule has 0 unspecified atom stereocenters. The highest BCUT2D eigenvalue weighted by molar-refractivity contribution is 5.87. The van der Waals surface area contributed by atoms with E-state index in [4.69, 9.17) is 9.72 Å². The molecule has 5 heteroatoms. The summed E-state index contributed by atoms with van der Waals surface area (Å²) in [4.78, 5) is 12.4. The molecule has 1 atom stereocenters. The van der Waals surface area contributed by atoms with Crippen molar-refractivity contribution in [3.05, 3.63) is 108 Å². The average Bonchev–Trinajstić information content (AvgIpc) is 3.65. The molecular weight excluding hydrogens is 492 g/mol. The van der Waals surface area contributed by atoms with E-state index in [-0.39, 0.29) is 11.6 Å². The standard InChI is InChI=1S/C35H40N4O/c1-3-5-19-35(20-6-4-2)33-29(22-31(39-35)34-36-23-32(38-34)26-15-11-8-12-16-26)28-21-27(17-18-30(28)37-33)40-24-25-13-9-7-10-14-25/h7-18,21,23,31,37,39H,3-6,19-20,22,24H2,1-2H3,(H,36,38)/t31-/m1/s1. The van der Waals surface area contributed by atoms with Crippen LogP contribution in [0.25, 0.3) is 22.2 Å². The van der Waals surface area contributed by atoms with Crippen molar-refractivity contribution in [2.45, 2.75) is 77.0 Å². The molecule has 1 aliphatic heterocycles. The number of hydrogen-bond acceptors (Lipinski definition) is 3. The third kappa shape index (κ3) is 5.31. The minimum absolute atomic E-state index is 0.103. The number of aromatic nitrogens is 3. The topological polar surface area (TPSA) is 65.7 Å². The Kier molecular flexibility index (Phi) is 7.74. The van der Waals surface area contributed by atoms with Crippen molar-refractivity contribution in [3.63, 3.8) is 0 Å². The zero-order valence-electron chi connectivity index (χ0n) is 23.7. The summed E-state index contributed by atoms with van der Waals surface area (Å²) < 4.78 is 6.26. The lowest BCUT2D eigenvalue weighted by molar-refractivity contribution is 0.211. The Morgan fingerprint density at radius 2 is 1.60 bits per heavy atom. The fourth-order valence-electron chi connectivity index (χ4n) is 6.26. The summed E-state index contributed by atoms with van der Waals surface area (Å²) in [5.41, 5.74) is 7.22. The molecule has 6 rings (SSSR count). The highest BCUT2D eigenvalue weighted by atomic mass is 16.5. The largest absolute Gasteiger partial charge is 0.489 e. The Morgan fingerprint density at radius 1 is 0.875 bits per heavy atom. The molecule has 2 aromatic heterocycles. The van der Waals surface area contributed by atoms with Gasteiger partial charge in [0.1, 0.15) is 18.2 Å². The molecule has 206 valence electrons. The predicted octanol–water partition coefficient (Wildman–Crippen LogP) is 8.60. The predicted molar refractivity (Wildman–Crippen MR) is 163 cm³/mol. The summed E-state index contributed by atoms with van der Waals surface area (Å²) >= 11 is 0. The van der Waals surface area contributed by atoms with Crippen LogP contribution in [-0.4, -0.2) is 15.0 Å². The molecular formula is C35H40N4O. The van der Waals surface area contributed by atoms with E-state index in [2.05, 4.69) is 102 Å². The van der Waals surface area contributed by atoms with Crippen molar-refractivity contribution < 1.29 is 4.74 Å². The maximum absolute atomic E-state index is 6.26. The molecule has 0 bridgehead atoms. The van der Waals surface area contributed by atoms with Gasteiger partial charge in [0.05, 0.1) is 23.5 Å². The Balaban J connectivity index is 1.39. The zero-order chi connectivity index (χ0) is 27.4. The quantitative estimate of drug-likeness (QED) is 0.160. The van der Waals surface area contributed by atoms with Gasteiger partial charge in [-0.05, 0) is 54.2 Å². The van der Waals surface area contributed by atoms with Crippen LogP contribution < -0.4 is 10.1 Å². The van der Waals surface area contributed by atoms with Crippen LogP contribution in [-0.2, 0) is 18.6 Å². The molecule has 0 spiro atoms. The van der Waals surface area contributed by atoms with E-state index in [1.54, 1.807) is 0 Å². The molecule has 1 aliphatic rings. The summed E-state index contributed by atoms with van der Waals surface area (Å²) in [6.07, 6.45) is 9.75. The van der Waals surface area contributed by atoms with E-state index in [1.165, 1.54) is 53.4 Å². The third-order valence-corrected chi connectivity index (χ3v) is 8.39. The maximum atomic E-state index is 6.26. The summed E-state index contributed by atoms with van der Waals surface area (Å²) in [7, 11) is 0. The number of imidazole rings is 1. The van der Waals surface area contributed by atoms with Gasteiger partial charge in [-0.25, -0.2) is 4.98 Å². The number of nitrogens with zero attached hydrogens (tertiary/aromatic N) is 1. The summed E-state index contributed by atoms with van der Waals surface area (Å²) in [5.74, 6) is 1.91. The first-order chi connectivity index (χ1) is 19.7. The average molecular weight is 533 g/mol. The van der Waals surface area contributed by atoms with Gasteiger partial charge in [0, 0.05) is 16.6 Å². The highest BCUT2D eigenvalue weighted by Gasteiger charge is 2.42. The summed E-state index contributed by atoms with van der Waals surface area (Å²) in [5, 5.41) is 5.40. The first-order valence-corrected chi connectivity index (χ1v) is 14.9. The number of unbranched alkanes of at least 4 members (excludes halogenated alkanes) is 2. The SMILES string of the molecule is CCCCC1(CCCC)N[C@@H](c2ncc(-c3ccccc3)[nH]2)Cc2c1[nH]c1ccc(OCc3ccccc3)cc21. The third-order valence-electron chi connectivity index (χ3n) is 8.39. The van der Waals surface area contributed by atoms with E-state index in [0.717, 1.165) is 42.1 Å². The second kappa shape index (κ2) is 11.7. The molecule has 5 nitrogen and oxygen atoms in total. The van der Waals surface area contributed by atoms with Gasteiger partial charge < -0.3 is 14.7 Å². The van der Waals surface area contributed by atoms with Crippen molar-refractivity contribution in [1.29, 1.82) is 0 Å². The lowest BCUT2D eigenvalue weighted by atomic mass is 9.77. The van der Waals surface area contributed by atoms with Gasteiger partial charge in [0.25, 0.3) is 0 Å². The smallest absolute Gasteiger partial charge is 0.124 e. The minimum atomic E-state index is -0.117. The van der Waals surface area contributed by atoms with E-state index in [0.29, 0.717) is 6.61 Å². The normalized spacial score (nSPS) is 16.2. The van der Waals surface area contributed by atoms with Crippen LogP contribution in [0.3, 0.4) is 0 Å². The van der Waals surface area contributed by atoms with Crippen molar-refractivity contribution in [2.75, 3.05) is 0 Å². The Labute approximate surface area is 237 Å². The second-order valence-electron chi connectivity index (χ2n) is 11.2. The van der Waals surface area contributed by atoms with Crippen LogP contribution in [0.2, 0.25) is 0 Å². The van der Waals surface area contributed by atoms with Crippen LogP contribution in [0.4, 0.5) is 0 Å². The molecule has 0 aliphatic carbocycles. The van der Waals surface area contributed by atoms with Crippen LogP contribution in [0.1, 0.15) is 81.1 Å². The van der Waals surface area contributed by atoms with Crippen molar-refractivity contribution in [1.82, 2.24) is 20.3 Å². The first-order valence-electron chi connectivity index (χ1n) is 14.9. The van der Waals surface area contributed by atoms with E-state index < -0.39 is 0 Å². The molecule has 0 saturated heterocycles. The molecule has 3 N–H and O–H groups in total. The molecule has 40 heavy (non-hydrogen) atoms. The van der Waals surface area contributed by atoms with Gasteiger partial charge in [-0.1, -0.05) is 100 Å². The number of fused-ring (bicyclic) bond motifs is 3. The highest BCUT2D eigenvalue weighted by Crippen LogP contribution is 2.45. The number of H-pyrrole nitrogens is 2. The maximum Gasteiger partial charge on any atom is 0.124 e. The van der Waals surface area contributed by atoms with Crippen LogP contribution in [0.5, 0.6) is 5.75 Å². The number of aromatic amines is 2. The van der Waals surface area contributed by atoms with Crippen molar-refractivity contribution in [3.8, 4) is 17.0 Å². The van der Waals surface area contributed by atoms with Crippen LogP contribution >= 0.6 is 0 Å². The van der Waals surface area contributed by atoms with Gasteiger partial charge in [-0.3, -0.25) is 5.32 Å². The number of rotatable bonds is 11. The molecule has 3 aromatic carbocycles. The second-order valence-corrected chi connectivity index (χ2v) is 11.2. The minimum Gasteiger partial charge on any atom is -0.489 e. The summed E-state index contributed by atoms with van der Waals surface area (Å²) in [6, 6.07) is 27.5. The lowest BCUT2D eigenvalue weighted by Gasteiger charge is -2.42. The Bertz CT molecular complexity index is 1530. The van der Waals surface area contributed by atoms with Gasteiger partial charge in [-0.2, -0.15) is 0 Å². The zero-order valence-corrected chi connectivity index (χ0v) is 23.7. The van der Waals surface area contributed by atoms with E-state index in [9.17, 15) is 0 Å². The lowest BCUT2D eigenvalue weighted by Crippen LogP contribution is -2.49. The molecule has 0 amide bonds. The van der Waals surface area contributed by atoms with Gasteiger partial charge in [0.2, 0.25) is 0 Å². The van der Waals surface area contributed by atoms with Crippen LogP contribution in [0.15, 0.2) is 85.1 Å². The number of ether oxygens (including phenoxy) is 1. The molecule has 0 radical (unpaired) electrons. The Hall–Kier alpha value is -3.83. The molecule has 0 saturated carbocycles.